The van der Waals surface area contributed by atoms with E-state index in [0.717, 1.165) is 56.1 Å². The van der Waals surface area contributed by atoms with Gasteiger partial charge in [0.15, 0.2) is 0 Å². The first kappa shape index (κ1) is 24.1. The molecule has 5 nitrogen and oxygen atoms in total. The zero-order valence-corrected chi connectivity index (χ0v) is 21.1. The number of nitrogens with one attached hydrogen (secondary N) is 1. The number of rotatable bonds is 8. The summed E-state index contributed by atoms with van der Waals surface area (Å²) in [5.41, 5.74) is 8.07. The number of nitrogens with two attached hydrogens (primary N) is 1. The van der Waals surface area contributed by atoms with Gasteiger partial charge in [0.25, 0.3) is 0 Å². The van der Waals surface area contributed by atoms with Crippen LogP contribution in [-0.4, -0.2) is 29.3 Å². The Kier molecular flexibility index (Phi) is 5.95. The van der Waals surface area contributed by atoms with Gasteiger partial charge in [-0.3, -0.25) is 14.6 Å². The van der Waals surface area contributed by atoms with E-state index in [0.29, 0.717) is 41.5 Å². The van der Waals surface area contributed by atoms with E-state index in [-0.39, 0.29) is 28.5 Å². The van der Waals surface area contributed by atoms with Crippen LogP contribution in [-0.2, 0) is 21.4 Å². The van der Waals surface area contributed by atoms with Gasteiger partial charge in [-0.05, 0) is 104 Å². The van der Waals surface area contributed by atoms with E-state index >= 15 is 0 Å². The van der Waals surface area contributed by atoms with E-state index in [1.165, 1.54) is 12.1 Å². The summed E-state index contributed by atoms with van der Waals surface area (Å²) < 4.78 is 13.5. The minimum atomic E-state index is -0.577. The van der Waals surface area contributed by atoms with Crippen LogP contribution in [0.3, 0.4) is 0 Å². The van der Waals surface area contributed by atoms with Gasteiger partial charge in [0.1, 0.15) is 11.6 Å². The molecule has 4 bridgehead atoms. The van der Waals surface area contributed by atoms with Crippen molar-refractivity contribution in [3.63, 3.8) is 0 Å². The van der Waals surface area contributed by atoms with Crippen molar-refractivity contribution in [2.45, 2.75) is 62.8 Å². The minimum absolute atomic E-state index is 0.117. The lowest BCUT2D eigenvalue weighted by atomic mass is 9.44. The fourth-order valence-electron chi connectivity index (χ4n) is 8.03. The molecule has 7 rings (SSSR count). The number of nitrogens with zero attached hydrogens (tertiary/aromatic N) is 1. The van der Waals surface area contributed by atoms with Crippen LogP contribution in [0.15, 0.2) is 42.7 Å². The van der Waals surface area contributed by atoms with Crippen molar-refractivity contribution in [3.8, 4) is 0 Å². The lowest BCUT2D eigenvalue weighted by Crippen LogP contribution is -2.61. The number of carbonyl (C=O) groups is 2. The maximum absolute atomic E-state index is 13.5. The lowest BCUT2D eigenvalue weighted by molar-refractivity contribution is -0.153. The number of carbonyl (C=O) groups excluding carboxylic acids is 2. The van der Waals surface area contributed by atoms with Gasteiger partial charge in [0.05, 0.1) is 6.04 Å². The third kappa shape index (κ3) is 4.16. The lowest BCUT2D eigenvalue weighted by Gasteiger charge is -2.60. The van der Waals surface area contributed by atoms with Crippen LogP contribution >= 0.6 is 11.6 Å². The molecule has 2 aromatic rings. The number of Topliss-reactive ketones (excluding diaryl/α,β-unsaturated/α-hetero) is 1. The van der Waals surface area contributed by atoms with Crippen LogP contribution in [0.25, 0.3) is 0 Å². The van der Waals surface area contributed by atoms with Gasteiger partial charge in [-0.25, -0.2) is 4.39 Å². The number of ketones is 1. The van der Waals surface area contributed by atoms with Gasteiger partial charge in [-0.15, -0.1) is 0 Å². The molecule has 0 spiro atoms. The second-order valence-corrected chi connectivity index (χ2v) is 12.3. The summed E-state index contributed by atoms with van der Waals surface area (Å²) in [6, 6.07) is 7.77. The van der Waals surface area contributed by atoms with Gasteiger partial charge in [-0.2, -0.15) is 0 Å². The number of hydrogen-bond acceptors (Lipinski definition) is 4. The number of hydrogen-bond donors (Lipinski definition) is 2. The average molecular weight is 510 g/mol. The van der Waals surface area contributed by atoms with E-state index in [1.807, 2.05) is 12.1 Å². The Labute approximate surface area is 216 Å². The van der Waals surface area contributed by atoms with Crippen molar-refractivity contribution in [2.24, 2.45) is 34.8 Å². The molecule has 5 fully saturated rings. The van der Waals surface area contributed by atoms with Gasteiger partial charge in [0, 0.05) is 41.2 Å². The van der Waals surface area contributed by atoms with E-state index in [4.69, 9.17) is 17.3 Å². The van der Waals surface area contributed by atoms with Crippen molar-refractivity contribution in [1.82, 2.24) is 10.3 Å². The normalized spacial score (nSPS) is 32.2. The smallest absolute Gasteiger partial charge is 0.237 e. The molecule has 5 saturated carbocycles. The fraction of sp³-hybridized carbons (Fsp3) is 0.552. The number of aromatic nitrogens is 1. The van der Waals surface area contributed by atoms with Gasteiger partial charge < -0.3 is 11.1 Å². The summed E-state index contributed by atoms with van der Waals surface area (Å²) in [7, 11) is 0. The fourth-order valence-corrected chi connectivity index (χ4v) is 8.39. The second kappa shape index (κ2) is 8.91. The first-order valence-electron chi connectivity index (χ1n) is 13.2. The van der Waals surface area contributed by atoms with Crippen molar-refractivity contribution < 1.29 is 14.0 Å². The van der Waals surface area contributed by atoms with Crippen LogP contribution in [0.2, 0.25) is 5.02 Å². The third-order valence-electron chi connectivity index (χ3n) is 9.73. The topological polar surface area (TPSA) is 85.1 Å². The Hall–Kier alpha value is -2.31. The van der Waals surface area contributed by atoms with Crippen LogP contribution in [0.4, 0.5) is 4.39 Å². The van der Waals surface area contributed by atoms with Crippen LogP contribution < -0.4 is 11.1 Å². The highest BCUT2D eigenvalue weighted by molar-refractivity contribution is 6.31. The molecule has 0 radical (unpaired) electrons. The van der Waals surface area contributed by atoms with E-state index in [1.54, 1.807) is 18.5 Å². The second-order valence-electron chi connectivity index (χ2n) is 11.9. The Bertz CT molecular complexity index is 1170. The van der Waals surface area contributed by atoms with Crippen LogP contribution in [0.1, 0.15) is 56.1 Å². The molecule has 3 atom stereocenters. The van der Waals surface area contributed by atoms with Crippen molar-refractivity contribution in [1.29, 1.82) is 0 Å². The van der Waals surface area contributed by atoms with Crippen molar-refractivity contribution in [2.75, 3.05) is 6.54 Å². The molecule has 0 aliphatic heterocycles. The maximum atomic E-state index is 13.5. The van der Waals surface area contributed by atoms with E-state index in [2.05, 4.69) is 10.3 Å². The van der Waals surface area contributed by atoms with Gasteiger partial charge in [0.2, 0.25) is 5.91 Å². The summed E-state index contributed by atoms with van der Waals surface area (Å²) in [4.78, 5) is 30.8. The Morgan fingerprint density at radius 2 is 1.81 bits per heavy atom. The van der Waals surface area contributed by atoms with Crippen molar-refractivity contribution in [3.05, 3.63) is 64.7 Å². The molecule has 7 heteroatoms. The number of benzene rings is 1. The Balaban J connectivity index is 1.12. The predicted octanol–water partition coefficient (Wildman–Crippen LogP) is 4.60. The molecule has 3 N–H and O–H groups in total. The molecule has 1 aromatic heterocycles. The highest BCUT2D eigenvalue weighted by atomic mass is 35.5. The SMILES string of the molecule is NC(C(=O)NCC1(c2ccc(F)cc2Cl)CC1)C1C2CC3CC1CC(C(=O)Cc1ccncc1)(C3)C2. The first-order valence-corrected chi connectivity index (χ1v) is 13.6. The monoisotopic (exact) mass is 509 g/mol. The van der Waals surface area contributed by atoms with Crippen LogP contribution in [0.5, 0.6) is 0 Å². The van der Waals surface area contributed by atoms with Crippen LogP contribution in [0, 0.1) is 34.9 Å². The highest BCUT2D eigenvalue weighted by Gasteiger charge is 2.59. The molecule has 36 heavy (non-hydrogen) atoms. The number of halogens is 2. The molecule has 1 aromatic carbocycles. The van der Waals surface area contributed by atoms with Crippen molar-refractivity contribution >= 4 is 23.3 Å². The Morgan fingerprint density at radius 1 is 1.11 bits per heavy atom. The summed E-state index contributed by atoms with van der Waals surface area (Å²) in [6.45, 7) is 0.462. The molecule has 5 aliphatic rings. The zero-order valence-electron chi connectivity index (χ0n) is 20.4. The van der Waals surface area contributed by atoms with E-state index in [9.17, 15) is 14.0 Å². The standard InChI is InChI=1S/C29H33ClFN3O2/c30-23-12-21(31)1-2-22(23)28(5-6-28)16-34-27(36)26(32)25-19-9-18-10-20(25)15-29(13-18,14-19)24(35)11-17-3-7-33-8-4-17/h1-4,7-8,12,18-20,25-26H,5-6,9-11,13-16,32H2,(H,34,36). The predicted molar refractivity (Wildman–Crippen MR) is 136 cm³/mol. The number of pyridine rings is 1. The molecule has 5 aliphatic carbocycles. The highest BCUT2D eigenvalue weighted by Crippen LogP contribution is 2.63. The summed E-state index contributed by atoms with van der Waals surface area (Å²) in [5.74, 6) is 1.19. The summed E-state index contributed by atoms with van der Waals surface area (Å²) in [5, 5.41) is 3.52. The van der Waals surface area contributed by atoms with E-state index < -0.39 is 6.04 Å². The first-order chi connectivity index (χ1) is 17.3. The molecule has 3 unspecified atom stereocenters. The van der Waals surface area contributed by atoms with Gasteiger partial charge in [-0.1, -0.05) is 17.7 Å². The average Bonchev–Trinajstić information content (AvgIpc) is 3.63. The molecule has 190 valence electrons. The quantitative estimate of drug-likeness (QED) is 0.544. The van der Waals surface area contributed by atoms with Gasteiger partial charge >= 0.3 is 0 Å². The maximum Gasteiger partial charge on any atom is 0.237 e. The third-order valence-corrected chi connectivity index (χ3v) is 10.0. The molecule has 1 amide bonds. The molecule has 1 heterocycles. The Morgan fingerprint density at radius 3 is 2.44 bits per heavy atom. The molecular formula is C29H33ClFN3O2. The molecular weight excluding hydrogens is 477 g/mol. The largest absolute Gasteiger partial charge is 0.354 e. The zero-order chi connectivity index (χ0) is 25.1. The minimum Gasteiger partial charge on any atom is -0.354 e. The summed E-state index contributed by atoms with van der Waals surface area (Å²) in [6.07, 6.45) is 10.6. The number of amides is 1. The molecule has 0 saturated heterocycles. The summed E-state index contributed by atoms with van der Waals surface area (Å²) >= 11 is 6.32.